The van der Waals surface area contributed by atoms with Gasteiger partial charge in [0, 0.05) is 18.9 Å². The monoisotopic (exact) mass is 222 g/mol. The molecule has 0 aliphatic carbocycles. The minimum atomic E-state index is -0.0507. The normalized spacial score (nSPS) is 14.1. The number of amidine groups is 1. The molecule has 5 heteroatoms. The summed E-state index contributed by atoms with van der Waals surface area (Å²) in [6.07, 6.45) is 4.35. The van der Waals surface area contributed by atoms with Gasteiger partial charge in [-0.3, -0.25) is 9.88 Å². The summed E-state index contributed by atoms with van der Waals surface area (Å²) < 4.78 is 0. The van der Waals surface area contributed by atoms with Crippen LogP contribution in [0.1, 0.15) is 18.9 Å². The zero-order chi connectivity index (χ0) is 12.0. The fraction of sp³-hybridized carbons (Fsp3) is 0.455. The average Bonchev–Trinajstić information content (AvgIpc) is 2.31. The molecule has 1 aromatic rings. The Bertz CT molecular complexity index is 339. The second-order valence-corrected chi connectivity index (χ2v) is 3.73. The highest BCUT2D eigenvalue weighted by atomic mass is 16.4. The molecule has 0 radical (unpaired) electrons. The first-order chi connectivity index (χ1) is 7.69. The van der Waals surface area contributed by atoms with Crippen molar-refractivity contribution in [1.29, 1.82) is 0 Å². The lowest BCUT2D eigenvalue weighted by Gasteiger charge is -2.25. The number of oxime groups is 1. The van der Waals surface area contributed by atoms with Crippen molar-refractivity contribution in [2.24, 2.45) is 10.9 Å². The summed E-state index contributed by atoms with van der Waals surface area (Å²) in [5.41, 5.74) is 6.73. The van der Waals surface area contributed by atoms with Gasteiger partial charge in [0.05, 0.1) is 6.04 Å². The van der Waals surface area contributed by atoms with Crippen LogP contribution in [-0.2, 0) is 6.54 Å². The quantitative estimate of drug-likeness (QED) is 0.338. The summed E-state index contributed by atoms with van der Waals surface area (Å²) in [7, 11) is 1.94. The van der Waals surface area contributed by atoms with Gasteiger partial charge in [-0.1, -0.05) is 18.1 Å². The van der Waals surface area contributed by atoms with Crippen LogP contribution in [0.4, 0.5) is 0 Å². The number of hydrogen-bond donors (Lipinski definition) is 2. The molecule has 5 nitrogen and oxygen atoms in total. The van der Waals surface area contributed by atoms with E-state index in [1.165, 1.54) is 0 Å². The van der Waals surface area contributed by atoms with Crippen LogP contribution in [0.25, 0.3) is 0 Å². The van der Waals surface area contributed by atoms with Gasteiger partial charge in [-0.2, -0.15) is 0 Å². The zero-order valence-corrected chi connectivity index (χ0v) is 9.67. The SMILES string of the molecule is CCC(C(N)=NO)N(C)Cc1cccnc1. The van der Waals surface area contributed by atoms with Crippen LogP contribution >= 0.6 is 0 Å². The molecule has 0 saturated carbocycles. The molecular weight excluding hydrogens is 204 g/mol. The van der Waals surface area contributed by atoms with Crippen molar-refractivity contribution in [1.82, 2.24) is 9.88 Å². The Morgan fingerprint density at radius 1 is 1.69 bits per heavy atom. The molecule has 1 heterocycles. The third-order valence-corrected chi connectivity index (χ3v) is 2.53. The van der Waals surface area contributed by atoms with E-state index in [1.807, 2.05) is 37.2 Å². The molecule has 16 heavy (non-hydrogen) atoms. The van der Waals surface area contributed by atoms with Gasteiger partial charge in [0.2, 0.25) is 0 Å². The molecule has 88 valence electrons. The van der Waals surface area contributed by atoms with Crippen LogP contribution in [0.2, 0.25) is 0 Å². The number of pyridine rings is 1. The van der Waals surface area contributed by atoms with Gasteiger partial charge in [-0.05, 0) is 25.1 Å². The van der Waals surface area contributed by atoms with Crippen LogP contribution in [0.3, 0.4) is 0 Å². The molecule has 0 spiro atoms. The van der Waals surface area contributed by atoms with Crippen LogP contribution in [0.5, 0.6) is 0 Å². The summed E-state index contributed by atoms with van der Waals surface area (Å²) in [6, 6.07) is 3.85. The number of rotatable bonds is 5. The standard InChI is InChI=1S/C11H18N4O/c1-3-10(11(12)14-16)15(2)8-9-5-4-6-13-7-9/h4-7,10,16H,3,8H2,1-2H3,(H2,12,14). The van der Waals surface area contributed by atoms with E-state index in [4.69, 9.17) is 10.9 Å². The third-order valence-electron chi connectivity index (χ3n) is 2.53. The minimum Gasteiger partial charge on any atom is -0.409 e. The lowest BCUT2D eigenvalue weighted by Crippen LogP contribution is -2.41. The van der Waals surface area contributed by atoms with E-state index >= 15 is 0 Å². The molecule has 1 atom stereocenters. The maximum absolute atomic E-state index is 8.68. The highest BCUT2D eigenvalue weighted by Gasteiger charge is 2.17. The molecule has 0 aromatic carbocycles. The largest absolute Gasteiger partial charge is 0.409 e. The van der Waals surface area contributed by atoms with E-state index in [0.717, 1.165) is 18.5 Å². The van der Waals surface area contributed by atoms with Crippen LogP contribution in [-0.4, -0.2) is 34.0 Å². The number of hydrogen-bond acceptors (Lipinski definition) is 4. The first-order valence-electron chi connectivity index (χ1n) is 5.25. The average molecular weight is 222 g/mol. The highest BCUT2D eigenvalue weighted by molar-refractivity contribution is 5.85. The van der Waals surface area contributed by atoms with E-state index in [2.05, 4.69) is 10.1 Å². The maximum atomic E-state index is 8.68. The molecule has 0 saturated heterocycles. The van der Waals surface area contributed by atoms with Crippen molar-refractivity contribution in [2.75, 3.05) is 7.05 Å². The van der Waals surface area contributed by atoms with Gasteiger partial charge in [-0.25, -0.2) is 0 Å². The smallest absolute Gasteiger partial charge is 0.156 e. The molecule has 0 amide bonds. The van der Waals surface area contributed by atoms with E-state index in [1.54, 1.807) is 6.20 Å². The van der Waals surface area contributed by atoms with Crippen molar-refractivity contribution < 1.29 is 5.21 Å². The van der Waals surface area contributed by atoms with Gasteiger partial charge in [0.1, 0.15) is 0 Å². The molecular formula is C11H18N4O. The summed E-state index contributed by atoms with van der Waals surface area (Å²) in [5.74, 6) is 0.244. The molecule has 1 rings (SSSR count). The van der Waals surface area contributed by atoms with E-state index in [9.17, 15) is 0 Å². The molecule has 1 aromatic heterocycles. The lowest BCUT2D eigenvalue weighted by atomic mass is 10.1. The Balaban J connectivity index is 2.67. The fourth-order valence-electron chi connectivity index (χ4n) is 1.70. The van der Waals surface area contributed by atoms with Gasteiger partial charge >= 0.3 is 0 Å². The first-order valence-corrected chi connectivity index (χ1v) is 5.25. The van der Waals surface area contributed by atoms with Crippen molar-refractivity contribution in [3.63, 3.8) is 0 Å². The van der Waals surface area contributed by atoms with E-state index in [0.29, 0.717) is 0 Å². The van der Waals surface area contributed by atoms with Crippen molar-refractivity contribution in [3.05, 3.63) is 30.1 Å². The molecule has 0 aliphatic heterocycles. The number of nitrogens with zero attached hydrogens (tertiary/aromatic N) is 3. The Labute approximate surface area is 95.6 Å². The Morgan fingerprint density at radius 3 is 2.94 bits per heavy atom. The second kappa shape index (κ2) is 6.07. The fourth-order valence-corrected chi connectivity index (χ4v) is 1.70. The van der Waals surface area contributed by atoms with Gasteiger partial charge in [0.15, 0.2) is 5.84 Å². The van der Waals surface area contributed by atoms with Crippen molar-refractivity contribution in [2.45, 2.75) is 25.9 Å². The summed E-state index contributed by atoms with van der Waals surface area (Å²) in [5, 5.41) is 11.7. The molecule has 0 aliphatic rings. The molecule has 3 N–H and O–H groups in total. The van der Waals surface area contributed by atoms with Crippen molar-refractivity contribution in [3.8, 4) is 0 Å². The number of nitrogens with two attached hydrogens (primary N) is 1. The molecule has 0 bridgehead atoms. The third kappa shape index (κ3) is 3.20. The minimum absolute atomic E-state index is 0.0507. The predicted octanol–water partition coefficient (Wildman–Crippen LogP) is 1.04. The number of likely N-dealkylation sites (N-methyl/N-ethyl adjacent to an activating group) is 1. The number of aromatic nitrogens is 1. The maximum Gasteiger partial charge on any atom is 0.156 e. The van der Waals surface area contributed by atoms with Crippen LogP contribution in [0.15, 0.2) is 29.7 Å². The summed E-state index contributed by atoms with van der Waals surface area (Å²) in [4.78, 5) is 6.08. The van der Waals surface area contributed by atoms with Crippen molar-refractivity contribution >= 4 is 5.84 Å². The van der Waals surface area contributed by atoms with Gasteiger partial charge in [-0.15, -0.1) is 0 Å². The lowest BCUT2D eigenvalue weighted by molar-refractivity contribution is 0.264. The predicted molar refractivity (Wildman–Crippen MR) is 63.2 cm³/mol. The van der Waals surface area contributed by atoms with Gasteiger partial charge in [0.25, 0.3) is 0 Å². The topological polar surface area (TPSA) is 74.7 Å². The highest BCUT2D eigenvalue weighted by Crippen LogP contribution is 2.07. The van der Waals surface area contributed by atoms with Crippen LogP contribution < -0.4 is 5.73 Å². The Hall–Kier alpha value is -1.62. The Morgan fingerprint density at radius 2 is 2.44 bits per heavy atom. The zero-order valence-electron chi connectivity index (χ0n) is 9.67. The molecule has 1 unspecified atom stereocenters. The van der Waals surface area contributed by atoms with Crippen LogP contribution in [0, 0.1) is 0 Å². The van der Waals surface area contributed by atoms with E-state index < -0.39 is 0 Å². The Kier molecular flexibility index (Phi) is 4.72. The second-order valence-electron chi connectivity index (χ2n) is 3.73. The molecule has 0 fully saturated rings. The van der Waals surface area contributed by atoms with E-state index in [-0.39, 0.29) is 11.9 Å². The summed E-state index contributed by atoms with van der Waals surface area (Å²) >= 11 is 0. The summed E-state index contributed by atoms with van der Waals surface area (Å²) in [6.45, 7) is 2.73. The first kappa shape index (κ1) is 12.4. The van der Waals surface area contributed by atoms with Gasteiger partial charge < -0.3 is 10.9 Å².